The van der Waals surface area contributed by atoms with Crippen LogP contribution in [0.2, 0.25) is 0 Å². The number of hydrogen-bond acceptors (Lipinski definition) is 2. The second-order valence-electron chi connectivity index (χ2n) is 6.46. The standard InChI is InChI=1S/C18H30N2/c1-5-15(6-2)13-20-14-18(4,7-3)19-12-16-10-8-9-11-17(16)20/h8-11,15,19H,5-7,12-14H2,1-4H3. The van der Waals surface area contributed by atoms with Crippen molar-refractivity contribution in [1.82, 2.24) is 5.32 Å². The van der Waals surface area contributed by atoms with Gasteiger partial charge in [-0.1, -0.05) is 51.8 Å². The third-order valence-electron chi connectivity index (χ3n) is 4.99. The van der Waals surface area contributed by atoms with Gasteiger partial charge in [-0.15, -0.1) is 0 Å². The van der Waals surface area contributed by atoms with E-state index in [2.05, 4.69) is 62.2 Å². The van der Waals surface area contributed by atoms with E-state index in [1.54, 1.807) is 0 Å². The predicted molar refractivity (Wildman–Crippen MR) is 88.3 cm³/mol. The van der Waals surface area contributed by atoms with E-state index < -0.39 is 0 Å². The Hall–Kier alpha value is -1.02. The number of rotatable bonds is 5. The molecule has 0 saturated carbocycles. The summed E-state index contributed by atoms with van der Waals surface area (Å²) in [5, 5.41) is 3.76. The molecule has 0 aliphatic carbocycles. The first-order chi connectivity index (χ1) is 9.61. The summed E-state index contributed by atoms with van der Waals surface area (Å²) in [5.74, 6) is 0.794. The summed E-state index contributed by atoms with van der Waals surface area (Å²) in [7, 11) is 0. The molecule has 1 heterocycles. The molecule has 2 heteroatoms. The Kier molecular flexibility index (Phi) is 5.09. The molecule has 0 saturated heterocycles. The molecule has 0 bridgehead atoms. The molecule has 1 N–H and O–H groups in total. The molecule has 1 unspecified atom stereocenters. The van der Waals surface area contributed by atoms with Gasteiger partial charge in [0.1, 0.15) is 0 Å². The minimum Gasteiger partial charge on any atom is -0.369 e. The molecule has 2 rings (SSSR count). The highest BCUT2D eigenvalue weighted by Crippen LogP contribution is 2.29. The number of benzene rings is 1. The van der Waals surface area contributed by atoms with Crippen molar-refractivity contribution >= 4 is 5.69 Å². The summed E-state index contributed by atoms with van der Waals surface area (Å²) in [5.41, 5.74) is 3.09. The maximum Gasteiger partial charge on any atom is 0.0412 e. The second-order valence-corrected chi connectivity index (χ2v) is 6.46. The Bertz CT molecular complexity index is 425. The van der Waals surface area contributed by atoms with Crippen molar-refractivity contribution in [1.29, 1.82) is 0 Å². The highest BCUT2D eigenvalue weighted by Gasteiger charge is 2.29. The van der Waals surface area contributed by atoms with E-state index in [4.69, 9.17) is 0 Å². The van der Waals surface area contributed by atoms with E-state index in [-0.39, 0.29) is 5.54 Å². The molecule has 20 heavy (non-hydrogen) atoms. The van der Waals surface area contributed by atoms with Gasteiger partial charge in [-0.25, -0.2) is 0 Å². The Labute approximate surface area is 124 Å². The molecule has 0 spiro atoms. The highest BCUT2D eigenvalue weighted by atomic mass is 15.2. The normalized spacial score (nSPS) is 22.8. The molecule has 0 aromatic heterocycles. The lowest BCUT2D eigenvalue weighted by molar-refractivity contribution is 0.341. The summed E-state index contributed by atoms with van der Waals surface area (Å²) in [4.78, 5) is 2.62. The van der Waals surface area contributed by atoms with Gasteiger partial charge < -0.3 is 10.2 Å². The quantitative estimate of drug-likeness (QED) is 0.865. The summed E-state index contributed by atoms with van der Waals surface area (Å²) >= 11 is 0. The average molecular weight is 274 g/mol. The lowest BCUT2D eigenvalue weighted by Crippen LogP contribution is -2.49. The van der Waals surface area contributed by atoms with Gasteiger partial charge >= 0.3 is 0 Å². The second kappa shape index (κ2) is 6.62. The zero-order chi connectivity index (χ0) is 14.6. The molecule has 2 nitrogen and oxygen atoms in total. The maximum atomic E-state index is 3.76. The molecule has 0 fully saturated rings. The van der Waals surface area contributed by atoms with Crippen LogP contribution in [0.1, 0.15) is 52.5 Å². The molecule has 1 aromatic rings. The van der Waals surface area contributed by atoms with Crippen LogP contribution in [-0.2, 0) is 6.54 Å². The Morgan fingerprint density at radius 2 is 1.90 bits per heavy atom. The van der Waals surface area contributed by atoms with Crippen LogP contribution in [0.25, 0.3) is 0 Å². The van der Waals surface area contributed by atoms with E-state index in [0.717, 1.165) is 19.0 Å². The van der Waals surface area contributed by atoms with E-state index in [9.17, 15) is 0 Å². The third kappa shape index (κ3) is 3.35. The zero-order valence-corrected chi connectivity index (χ0v) is 13.6. The number of anilines is 1. The van der Waals surface area contributed by atoms with Crippen LogP contribution in [0.3, 0.4) is 0 Å². The Balaban J connectivity index is 2.28. The van der Waals surface area contributed by atoms with Crippen molar-refractivity contribution < 1.29 is 0 Å². The van der Waals surface area contributed by atoms with Gasteiger partial charge in [0.05, 0.1) is 0 Å². The van der Waals surface area contributed by atoms with E-state index in [1.165, 1.54) is 37.1 Å². The van der Waals surface area contributed by atoms with Crippen LogP contribution in [0.4, 0.5) is 5.69 Å². The minimum atomic E-state index is 0.213. The first-order valence-corrected chi connectivity index (χ1v) is 8.19. The highest BCUT2D eigenvalue weighted by molar-refractivity contribution is 5.55. The monoisotopic (exact) mass is 274 g/mol. The molecule has 112 valence electrons. The SMILES string of the molecule is CCC(CC)CN1CC(C)(CC)NCc2ccccc21. The summed E-state index contributed by atoms with van der Waals surface area (Å²) < 4.78 is 0. The van der Waals surface area contributed by atoms with E-state index in [0.29, 0.717) is 0 Å². The molecule has 0 amide bonds. The topological polar surface area (TPSA) is 15.3 Å². The van der Waals surface area contributed by atoms with Crippen LogP contribution >= 0.6 is 0 Å². The fourth-order valence-corrected chi connectivity index (χ4v) is 3.10. The fourth-order valence-electron chi connectivity index (χ4n) is 3.10. The largest absolute Gasteiger partial charge is 0.369 e. The van der Waals surface area contributed by atoms with Gasteiger partial charge in [-0.2, -0.15) is 0 Å². The molecule has 1 atom stereocenters. The van der Waals surface area contributed by atoms with Crippen molar-refractivity contribution in [2.75, 3.05) is 18.0 Å². The van der Waals surface area contributed by atoms with Crippen LogP contribution in [0.15, 0.2) is 24.3 Å². The summed E-state index contributed by atoms with van der Waals surface area (Å²) in [6.07, 6.45) is 3.71. The molecule has 0 radical (unpaired) electrons. The van der Waals surface area contributed by atoms with Crippen molar-refractivity contribution in [3.63, 3.8) is 0 Å². The number of nitrogens with one attached hydrogen (secondary N) is 1. The van der Waals surface area contributed by atoms with Crippen molar-refractivity contribution in [2.45, 2.75) is 59.0 Å². The van der Waals surface area contributed by atoms with Crippen molar-refractivity contribution in [3.8, 4) is 0 Å². The van der Waals surface area contributed by atoms with Crippen LogP contribution in [0.5, 0.6) is 0 Å². The number of hydrogen-bond donors (Lipinski definition) is 1. The number of para-hydroxylation sites is 1. The lowest BCUT2D eigenvalue weighted by Gasteiger charge is -2.36. The Morgan fingerprint density at radius 3 is 2.55 bits per heavy atom. The Morgan fingerprint density at radius 1 is 1.20 bits per heavy atom. The summed E-state index contributed by atoms with van der Waals surface area (Å²) in [6, 6.07) is 8.89. The van der Waals surface area contributed by atoms with Crippen molar-refractivity contribution in [3.05, 3.63) is 29.8 Å². The van der Waals surface area contributed by atoms with Crippen molar-refractivity contribution in [2.24, 2.45) is 5.92 Å². The zero-order valence-electron chi connectivity index (χ0n) is 13.6. The summed E-state index contributed by atoms with van der Waals surface area (Å²) in [6.45, 7) is 12.6. The van der Waals surface area contributed by atoms with E-state index >= 15 is 0 Å². The van der Waals surface area contributed by atoms with Gasteiger partial charge in [0.25, 0.3) is 0 Å². The van der Waals surface area contributed by atoms with E-state index in [1.807, 2.05) is 0 Å². The van der Waals surface area contributed by atoms with Gasteiger partial charge in [-0.05, 0) is 30.9 Å². The van der Waals surface area contributed by atoms with Gasteiger partial charge in [-0.3, -0.25) is 0 Å². The van der Waals surface area contributed by atoms with Crippen LogP contribution < -0.4 is 10.2 Å². The van der Waals surface area contributed by atoms with Gasteiger partial charge in [0, 0.05) is 30.9 Å². The van der Waals surface area contributed by atoms with Crippen LogP contribution in [-0.4, -0.2) is 18.6 Å². The average Bonchev–Trinajstić information content (AvgIpc) is 2.63. The van der Waals surface area contributed by atoms with Gasteiger partial charge in [0.15, 0.2) is 0 Å². The molecule has 1 aliphatic heterocycles. The smallest absolute Gasteiger partial charge is 0.0412 e. The van der Waals surface area contributed by atoms with Crippen LogP contribution in [0, 0.1) is 5.92 Å². The first kappa shape index (κ1) is 15.4. The molecular formula is C18H30N2. The molecular weight excluding hydrogens is 244 g/mol. The first-order valence-electron chi connectivity index (χ1n) is 8.19. The lowest BCUT2D eigenvalue weighted by atomic mass is 9.96. The predicted octanol–water partition coefficient (Wildman–Crippen LogP) is 4.20. The third-order valence-corrected chi connectivity index (χ3v) is 4.99. The molecule has 1 aromatic carbocycles. The minimum absolute atomic E-state index is 0.213. The van der Waals surface area contributed by atoms with Gasteiger partial charge in [0.2, 0.25) is 0 Å². The molecule has 1 aliphatic rings. The number of nitrogens with zero attached hydrogens (tertiary/aromatic N) is 1. The fraction of sp³-hybridized carbons (Fsp3) is 0.667. The maximum absolute atomic E-state index is 3.76. The number of fused-ring (bicyclic) bond motifs is 1.